The highest BCUT2D eigenvalue weighted by Gasteiger charge is 2.32. The molecule has 142 valence electrons. The first-order valence-electron chi connectivity index (χ1n) is 8.50. The predicted octanol–water partition coefficient (Wildman–Crippen LogP) is 2.37. The molecule has 4 rings (SSSR count). The number of benzene rings is 2. The van der Waals surface area contributed by atoms with Gasteiger partial charge < -0.3 is 20.1 Å². The van der Waals surface area contributed by atoms with Crippen molar-refractivity contribution in [3.8, 4) is 11.5 Å². The molecule has 0 aromatic heterocycles. The van der Waals surface area contributed by atoms with Gasteiger partial charge >= 0.3 is 0 Å². The van der Waals surface area contributed by atoms with E-state index in [0.717, 1.165) is 5.56 Å². The highest BCUT2D eigenvalue weighted by molar-refractivity contribution is 8.15. The van der Waals surface area contributed by atoms with Crippen LogP contribution in [0.25, 0.3) is 0 Å². The first kappa shape index (κ1) is 18.1. The zero-order valence-corrected chi connectivity index (χ0v) is 15.4. The number of amidine groups is 1. The number of carbonyl (C=O) groups excluding carboxylic acids is 2. The zero-order valence-electron chi connectivity index (χ0n) is 14.6. The summed E-state index contributed by atoms with van der Waals surface area (Å²) in [6.45, 7) is 0.208. The lowest BCUT2D eigenvalue weighted by atomic mass is 10.2. The van der Waals surface area contributed by atoms with Crippen LogP contribution in [0.2, 0.25) is 0 Å². The molecule has 2 heterocycles. The van der Waals surface area contributed by atoms with Gasteiger partial charge in [-0.15, -0.1) is 5.10 Å². The van der Waals surface area contributed by atoms with Crippen LogP contribution in [-0.2, 0) is 9.59 Å². The van der Waals surface area contributed by atoms with Crippen LogP contribution < -0.4 is 20.1 Å². The Labute approximate surface area is 165 Å². The molecule has 2 aromatic carbocycles. The number of hydrogen-bond acceptors (Lipinski definition) is 7. The number of nitrogens with one attached hydrogen (secondary N) is 2. The van der Waals surface area contributed by atoms with Crippen LogP contribution in [0.5, 0.6) is 11.5 Å². The van der Waals surface area contributed by atoms with Crippen molar-refractivity contribution in [1.82, 2.24) is 5.32 Å². The highest BCUT2D eigenvalue weighted by Crippen LogP contribution is 2.32. The van der Waals surface area contributed by atoms with E-state index >= 15 is 0 Å². The van der Waals surface area contributed by atoms with Crippen LogP contribution in [0.1, 0.15) is 12.0 Å². The van der Waals surface area contributed by atoms with Crippen molar-refractivity contribution in [2.75, 3.05) is 12.1 Å². The molecule has 2 N–H and O–H groups in total. The first-order valence-corrected chi connectivity index (χ1v) is 9.38. The van der Waals surface area contributed by atoms with Crippen molar-refractivity contribution in [1.29, 1.82) is 0 Å². The van der Waals surface area contributed by atoms with Crippen LogP contribution >= 0.6 is 11.8 Å². The van der Waals surface area contributed by atoms with E-state index in [1.165, 1.54) is 11.8 Å². The maximum Gasteiger partial charge on any atom is 0.240 e. The summed E-state index contributed by atoms with van der Waals surface area (Å²) in [5.74, 6) is 0.859. The maximum absolute atomic E-state index is 12.1. The monoisotopic (exact) mass is 396 g/mol. The number of amides is 2. The number of fused-ring (bicyclic) bond motifs is 1. The van der Waals surface area contributed by atoms with Gasteiger partial charge in [0.25, 0.3) is 0 Å². The largest absolute Gasteiger partial charge is 0.454 e. The molecule has 1 atom stereocenters. The second-order valence-corrected chi connectivity index (χ2v) is 7.17. The average Bonchev–Trinajstić information content (AvgIpc) is 3.29. The van der Waals surface area contributed by atoms with Crippen molar-refractivity contribution in [3.05, 3.63) is 54.1 Å². The number of thioether (sulfide) groups is 1. The number of hydrogen-bond donors (Lipinski definition) is 2. The van der Waals surface area contributed by atoms with E-state index in [1.54, 1.807) is 30.5 Å². The molecule has 0 saturated carbocycles. The van der Waals surface area contributed by atoms with Crippen LogP contribution in [0.15, 0.2) is 58.7 Å². The molecular formula is C19H16N4O4S. The fourth-order valence-electron chi connectivity index (χ4n) is 2.63. The lowest BCUT2D eigenvalue weighted by Gasteiger charge is -2.06. The number of anilines is 1. The molecule has 0 bridgehead atoms. The number of ether oxygens (including phenoxy) is 2. The van der Waals surface area contributed by atoms with Gasteiger partial charge in [0.2, 0.25) is 18.6 Å². The third-order valence-electron chi connectivity index (χ3n) is 3.96. The molecule has 9 heteroatoms. The Bertz CT molecular complexity index is 962. The molecule has 0 spiro atoms. The van der Waals surface area contributed by atoms with Gasteiger partial charge in [-0.25, -0.2) is 0 Å². The zero-order chi connectivity index (χ0) is 19.3. The fraction of sp³-hybridized carbons (Fsp3) is 0.158. The van der Waals surface area contributed by atoms with Crippen molar-refractivity contribution in [2.24, 2.45) is 10.2 Å². The predicted molar refractivity (Wildman–Crippen MR) is 107 cm³/mol. The summed E-state index contributed by atoms with van der Waals surface area (Å²) < 4.78 is 10.6. The molecule has 8 nitrogen and oxygen atoms in total. The molecule has 2 aromatic rings. The maximum atomic E-state index is 12.1. The van der Waals surface area contributed by atoms with Gasteiger partial charge in [0.1, 0.15) is 5.25 Å². The number of carbonyl (C=O) groups is 2. The summed E-state index contributed by atoms with van der Waals surface area (Å²) in [6, 6.07) is 14.5. The van der Waals surface area contributed by atoms with Gasteiger partial charge in [-0.1, -0.05) is 30.0 Å². The quantitative estimate of drug-likeness (QED) is 0.597. The molecule has 2 amide bonds. The minimum atomic E-state index is -0.539. The van der Waals surface area contributed by atoms with E-state index < -0.39 is 5.25 Å². The molecule has 1 fully saturated rings. The fourth-order valence-corrected chi connectivity index (χ4v) is 3.55. The van der Waals surface area contributed by atoms with Crippen molar-refractivity contribution < 1.29 is 19.1 Å². The number of nitrogens with zero attached hydrogens (tertiary/aromatic N) is 2. The lowest BCUT2D eigenvalue weighted by Crippen LogP contribution is -2.28. The molecule has 1 unspecified atom stereocenters. The number of rotatable bonds is 5. The Morgan fingerprint density at radius 3 is 2.89 bits per heavy atom. The molecule has 1 saturated heterocycles. The third-order valence-corrected chi connectivity index (χ3v) is 5.03. The standard InChI is InChI=1S/C19H16N4O4S/c24-17(21-13-4-2-1-3-5-13)9-16-18(25)22-19(28-16)23-20-10-12-6-7-14-15(8-12)27-11-26-14/h1-8,10,16H,9,11H2,(H,21,24)(H,22,23,25)/b20-10+. The summed E-state index contributed by atoms with van der Waals surface area (Å²) in [4.78, 5) is 24.2. The van der Waals surface area contributed by atoms with E-state index in [2.05, 4.69) is 20.8 Å². The Morgan fingerprint density at radius 1 is 1.21 bits per heavy atom. The summed E-state index contributed by atoms with van der Waals surface area (Å²) in [5, 5.41) is 13.2. The SMILES string of the molecule is O=C(CC1S/C(=N/N=C/c2ccc3c(c2)OCO3)NC1=O)Nc1ccccc1. The smallest absolute Gasteiger partial charge is 0.240 e. The van der Waals surface area contributed by atoms with Crippen molar-refractivity contribution in [3.63, 3.8) is 0 Å². The Kier molecular flexibility index (Phi) is 5.24. The van der Waals surface area contributed by atoms with E-state index in [-0.39, 0.29) is 25.0 Å². The summed E-state index contributed by atoms with van der Waals surface area (Å²) in [5.41, 5.74) is 1.49. The van der Waals surface area contributed by atoms with Crippen LogP contribution in [0, 0.1) is 0 Å². The molecular weight excluding hydrogens is 380 g/mol. The lowest BCUT2D eigenvalue weighted by molar-refractivity contribution is -0.122. The Morgan fingerprint density at radius 2 is 2.04 bits per heavy atom. The second-order valence-electron chi connectivity index (χ2n) is 5.98. The number of para-hydroxylation sites is 1. The average molecular weight is 396 g/mol. The minimum absolute atomic E-state index is 0.0519. The summed E-state index contributed by atoms with van der Waals surface area (Å²) in [7, 11) is 0. The Balaban J connectivity index is 1.33. The van der Waals surface area contributed by atoms with E-state index in [0.29, 0.717) is 22.4 Å². The third kappa shape index (κ3) is 4.32. The van der Waals surface area contributed by atoms with E-state index in [4.69, 9.17) is 9.47 Å². The van der Waals surface area contributed by atoms with Gasteiger partial charge in [-0.3, -0.25) is 9.59 Å². The molecule has 2 aliphatic rings. The minimum Gasteiger partial charge on any atom is -0.454 e. The summed E-state index contributed by atoms with van der Waals surface area (Å²) >= 11 is 1.18. The van der Waals surface area contributed by atoms with Crippen molar-refractivity contribution >= 4 is 40.6 Å². The molecule has 0 aliphatic carbocycles. The van der Waals surface area contributed by atoms with Crippen LogP contribution in [-0.4, -0.2) is 35.2 Å². The Hall–Kier alpha value is -3.33. The molecule has 0 radical (unpaired) electrons. The van der Waals surface area contributed by atoms with E-state index in [9.17, 15) is 9.59 Å². The summed E-state index contributed by atoms with van der Waals surface area (Å²) in [6.07, 6.45) is 1.60. The van der Waals surface area contributed by atoms with Gasteiger partial charge in [0, 0.05) is 12.1 Å². The van der Waals surface area contributed by atoms with Gasteiger partial charge in [0.15, 0.2) is 16.7 Å². The normalized spacial score (nSPS) is 19.2. The van der Waals surface area contributed by atoms with Gasteiger partial charge in [-0.2, -0.15) is 5.10 Å². The molecule has 2 aliphatic heterocycles. The van der Waals surface area contributed by atoms with Gasteiger partial charge in [0.05, 0.1) is 6.21 Å². The molecule has 28 heavy (non-hydrogen) atoms. The van der Waals surface area contributed by atoms with Crippen LogP contribution in [0.3, 0.4) is 0 Å². The second kappa shape index (κ2) is 8.13. The highest BCUT2D eigenvalue weighted by atomic mass is 32.2. The van der Waals surface area contributed by atoms with Gasteiger partial charge in [-0.05, 0) is 35.9 Å². The topological polar surface area (TPSA) is 101 Å². The first-order chi connectivity index (χ1) is 13.7. The van der Waals surface area contributed by atoms with E-state index in [1.807, 2.05) is 24.3 Å². The van der Waals surface area contributed by atoms with Crippen LogP contribution in [0.4, 0.5) is 5.69 Å². The van der Waals surface area contributed by atoms with Crippen molar-refractivity contribution in [2.45, 2.75) is 11.7 Å².